The molecule has 0 amide bonds. The van der Waals surface area contributed by atoms with Crippen LogP contribution >= 0.6 is 15.9 Å². The third-order valence-corrected chi connectivity index (χ3v) is 4.00. The van der Waals surface area contributed by atoms with Crippen LogP contribution in [0.2, 0.25) is 0 Å². The summed E-state index contributed by atoms with van der Waals surface area (Å²) in [6.45, 7) is 0. The molecule has 3 rings (SSSR count). The minimum Gasteiger partial charge on any atom is -0.411 e. The highest BCUT2D eigenvalue weighted by Gasteiger charge is 2.23. The van der Waals surface area contributed by atoms with Gasteiger partial charge in [-0.2, -0.15) is 0 Å². The maximum Gasteiger partial charge on any atom is 0.103 e. The quantitative estimate of drug-likeness (QED) is 0.586. The first-order valence-corrected chi connectivity index (χ1v) is 6.50. The molecule has 0 aliphatic heterocycles. The summed E-state index contributed by atoms with van der Waals surface area (Å²) in [4.78, 5) is 0. The second-order valence-corrected chi connectivity index (χ2v) is 5.36. The van der Waals surface area contributed by atoms with Crippen molar-refractivity contribution in [1.82, 2.24) is 4.57 Å². The summed E-state index contributed by atoms with van der Waals surface area (Å²) in [5.74, 6) is 0. The fourth-order valence-corrected chi connectivity index (χ4v) is 3.11. The van der Waals surface area contributed by atoms with Gasteiger partial charge in [-0.3, -0.25) is 0 Å². The molecule has 0 spiro atoms. The maximum atomic E-state index is 9.11. The topological polar surface area (TPSA) is 37.5 Å². The van der Waals surface area contributed by atoms with Crippen molar-refractivity contribution < 1.29 is 5.21 Å². The number of nitrogens with zero attached hydrogens (tertiary/aromatic N) is 2. The fraction of sp³-hybridized carbons (Fsp3) is 0.308. The molecule has 1 aliphatic rings. The average molecular weight is 293 g/mol. The summed E-state index contributed by atoms with van der Waals surface area (Å²) in [7, 11) is 2.03. The maximum absolute atomic E-state index is 9.11. The van der Waals surface area contributed by atoms with Gasteiger partial charge >= 0.3 is 0 Å². The van der Waals surface area contributed by atoms with Crippen LogP contribution in [-0.2, 0) is 13.5 Å². The molecule has 1 aromatic heterocycles. The first-order chi connectivity index (χ1) is 8.22. The van der Waals surface area contributed by atoms with E-state index in [2.05, 4.69) is 43.9 Å². The smallest absolute Gasteiger partial charge is 0.103 e. The minimum absolute atomic E-state index is 0.807. The summed E-state index contributed by atoms with van der Waals surface area (Å²) in [5, 5.41) is 13.8. The fourth-order valence-electron chi connectivity index (χ4n) is 2.76. The first kappa shape index (κ1) is 10.8. The second kappa shape index (κ2) is 3.88. The Balaban J connectivity index is 2.41. The summed E-state index contributed by atoms with van der Waals surface area (Å²) in [6.07, 6.45) is 2.98. The Kier molecular flexibility index (Phi) is 2.47. The van der Waals surface area contributed by atoms with Gasteiger partial charge in [-0.1, -0.05) is 27.2 Å². The molecule has 0 saturated heterocycles. The summed E-state index contributed by atoms with van der Waals surface area (Å²) in [5.41, 5.74) is 4.40. The van der Waals surface area contributed by atoms with Gasteiger partial charge in [0.15, 0.2) is 0 Å². The van der Waals surface area contributed by atoms with Crippen LogP contribution in [0.25, 0.3) is 10.9 Å². The van der Waals surface area contributed by atoms with Crippen LogP contribution in [-0.4, -0.2) is 15.5 Å². The molecule has 2 aromatic rings. The number of halogens is 1. The lowest BCUT2D eigenvalue weighted by Gasteiger charge is -2.14. The van der Waals surface area contributed by atoms with Crippen LogP contribution in [0.4, 0.5) is 0 Å². The van der Waals surface area contributed by atoms with Gasteiger partial charge in [-0.05, 0) is 37.0 Å². The normalized spacial score (nSPS) is 17.6. The molecule has 0 saturated carbocycles. The van der Waals surface area contributed by atoms with Crippen molar-refractivity contribution in [1.29, 1.82) is 0 Å². The third kappa shape index (κ3) is 1.51. The number of oxime groups is 1. The Labute approximate surface area is 108 Å². The van der Waals surface area contributed by atoms with E-state index in [4.69, 9.17) is 5.21 Å². The van der Waals surface area contributed by atoms with Crippen molar-refractivity contribution in [2.24, 2.45) is 12.2 Å². The van der Waals surface area contributed by atoms with Gasteiger partial charge in [0, 0.05) is 22.4 Å². The number of fused-ring (bicyclic) bond motifs is 3. The zero-order valence-electron chi connectivity index (χ0n) is 9.57. The Bertz CT molecular complexity index is 628. The molecule has 17 heavy (non-hydrogen) atoms. The van der Waals surface area contributed by atoms with Gasteiger partial charge in [0.05, 0.1) is 5.69 Å². The average Bonchev–Trinajstić information content (AvgIpc) is 2.63. The molecule has 1 aliphatic carbocycles. The molecule has 0 fully saturated rings. The molecule has 0 bridgehead atoms. The molecule has 4 heteroatoms. The Morgan fingerprint density at radius 3 is 2.94 bits per heavy atom. The molecule has 1 N–H and O–H groups in total. The van der Waals surface area contributed by atoms with E-state index in [9.17, 15) is 0 Å². The minimum atomic E-state index is 0.807. The molecule has 88 valence electrons. The van der Waals surface area contributed by atoms with Gasteiger partial charge in [0.2, 0.25) is 0 Å². The SMILES string of the molecule is Cn1c2c(c3ccc(Br)cc31)CCCC2=NO. The monoisotopic (exact) mass is 292 g/mol. The molecule has 1 aromatic carbocycles. The summed E-state index contributed by atoms with van der Waals surface area (Å²) in [6, 6.07) is 6.31. The van der Waals surface area contributed by atoms with Gasteiger partial charge in [-0.25, -0.2) is 0 Å². The molecule has 0 atom stereocenters. The molecule has 3 nitrogen and oxygen atoms in total. The van der Waals surface area contributed by atoms with Crippen molar-refractivity contribution in [2.45, 2.75) is 19.3 Å². The van der Waals surface area contributed by atoms with E-state index in [0.29, 0.717) is 0 Å². The van der Waals surface area contributed by atoms with Gasteiger partial charge in [-0.15, -0.1) is 0 Å². The molecule has 0 radical (unpaired) electrons. The Morgan fingerprint density at radius 1 is 1.35 bits per heavy atom. The third-order valence-electron chi connectivity index (χ3n) is 3.50. The zero-order chi connectivity index (χ0) is 12.0. The second-order valence-electron chi connectivity index (χ2n) is 4.45. The van der Waals surface area contributed by atoms with Crippen LogP contribution in [0.5, 0.6) is 0 Å². The van der Waals surface area contributed by atoms with Crippen LogP contribution in [0.1, 0.15) is 24.1 Å². The molecule has 1 heterocycles. The number of hydrogen-bond acceptors (Lipinski definition) is 2. The van der Waals surface area contributed by atoms with Crippen molar-refractivity contribution in [2.75, 3.05) is 0 Å². The van der Waals surface area contributed by atoms with Crippen LogP contribution in [0.3, 0.4) is 0 Å². The van der Waals surface area contributed by atoms with Gasteiger partial charge < -0.3 is 9.77 Å². The lowest BCUT2D eigenvalue weighted by molar-refractivity contribution is 0.317. The standard InChI is InChI=1S/C13H13BrN2O/c1-16-12-7-8(14)5-6-9(12)10-3-2-4-11(15-17)13(10)16/h5-7,17H,2-4H2,1H3. The van der Waals surface area contributed by atoms with Crippen LogP contribution in [0, 0.1) is 0 Å². The largest absolute Gasteiger partial charge is 0.411 e. The van der Waals surface area contributed by atoms with E-state index >= 15 is 0 Å². The number of aromatic nitrogens is 1. The highest BCUT2D eigenvalue weighted by atomic mass is 79.9. The predicted molar refractivity (Wildman–Crippen MR) is 71.9 cm³/mol. The van der Waals surface area contributed by atoms with Crippen molar-refractivity contribution in [3.05, 3.63) is 33.9 Å². The highest BCUT2D eigenvalue weighted by molar-refractivity contribution is 9.10. The van der Waals surface area contributed by atoms with Gasteiger partial charge in [0.25, 0.3) is 0 Å². The van der Waals surface area contributed by atoms with E-state index in [1.54, 1.807) is 0 Å². The van der Waals surface area contributed by atoms with E-state index in [1.165, 1.54) is 16.5 Å². The van der Waals surface area contributed by atoms with Gasteiger partial charge in [0.1, 0.15) is 5.71 Å². The van der Waals surface area contributed by atoms with E-state index in [0.717, 1.165) is 35.1 Å². The van der Waals surface area contributed by atoms with E-state index in [-0.39, 0.29) is 0 Å². The summed E-state index contributed by atoms with van der Waals surface area (Å²) < 4.78 is 3.20. The first-order valence-electron chi connectivity index (χ1n) is 5.70. The van der Waals surface area contributed by atoms with E-state index in [1.807, 2.05) is 7.05 Å². The lowest BCUT2D eigenvalue weighted by Crippen LogP contribution is -2.14. The Morgan fingerprint density at radius 2 is 2.18 bits per heavy atom. The number of benzene rings is 1. The van der Waals surface area contributed by atoms with Crippen molar-refractivity contribution in [3.8, 4) is 0 Å². The highest BCUT2D eigenvalue weighted by Crippen LogP contribution is 2.33. The summed E-state index contributed by atoms with van der Waals surface area (Å²) >= 11 is 3.50. The zero-order valence-corrected chi connectivity index (χ0v) is 11.2. The van der Waals surface area contributed by atoms with E-state index < -0.39 is 0 Å². The molecule has 0 unspecified atom stereocenters. The van der Waals surface area contributed by atoms with Crippen molar-refractivity contribution >= 4 is 32.5 Å². The number of rotatable bonds is 0. The lowest BCUT2D eigenvalue weighted by atomic mass is 9.94. The Hall–Kier alpha value is -1.29. The van der Waals surface area contributed by atoms with Crippen LogP contribution in [0.15, 0.2) is 27.8 Å². The molecular weight excluding hydrogens is 280 g/mol. The van der Waals surface area contributed by atoms with Crippen LogP contribution < -0.4 is 0 Å². The predicted octanol–water partition coefficient (Wildman–Crippen LogP) is 3.46. The van der Waals surface area contributed by atoms with Crippen molar-refractivity contribution in [3.63, 3.8) is 0 Å². The number of hydrogen-bond donors (Lipinski definition) is 1. The number of aryl methyl sites for hydroxylation is 2. The molecular formula is C13H13BrN2O.